The van der Waals surface area contributed by atoms with Gasteiger partial charge >= 0.3 is 0 Å². The molecule has 1 heterocycles. The van der Waals surface area contributed by atoms with E-state index in [1.165, 1.54) is 0 Å². The molecule has 0 radical (unpaired) electrons. The normalized spacial score (nSPS) is 10.9. The molecular formula is C13H17N3O. The summed E-state index contributed by atoms with van der Waals surface area (Å²) in [5, 5.41) is 3.89. The van der Waals surface area contributed by atoms with Gasteiger partial charge in [-0.15, -0.1) is 0 Å². The topological polar surface area (TPSA) is 57.8 Å². The maximum absolute atomic E-state index is 11.9. The van der Waals surface area contributed by atoms with E-state index >= 15 is 0 Å². The monoisotopic (exact) mass is 231 g/mol. The highest BCUT2D eigenvalue weighted by Crippen LogP contribution is 2.11. The summed E-state index contributed by atoms with van der Waals surface area (Å²) in [5.74, 6) is 0.699. The van der Waals surface area contributed by atoms with Gasteiger partial charge in [0.15, 0.2) is 0 Å². The first-order valence-electron chi connectivity index (χ1n) is 5.91. The number of nitrogens with one attached hydrogen (secondary N) is 2. The molecule has 2 N–H and O–H groups in total. The molecule has 4 heteroatoms. The van der Waals surface area contributed by atoms with Crippen LogP contribution in [0.2, 0.25) is 0 Å². The number of rotatable bonds is 4. The van der Waals surface area contributed by atoms with Crippen LogP contribution in [0, 0.1) is 6.92 Å². The van der Waals surface area contributed by atoms with Crippen molar-refractivity contribution in [3.05, 3.63) is 39.9 Å². The zero-order chi connectivity index (χ0) is 12.3. The number of aryl methyl sites for hydroxylation is 1. The highest BCUT2D eigenvalue weighted by molar-refractivity contribution is 5.80. The summed E-state index contributed by atoms with van der Waals surface area (Å²) in [5.41, 5.74) is 1.77. The average Bonchev–Trinajstić information content (AvgIpc) is 2.31. The zero-order valence-corrected chi connectivity index (χ0v) is 10.2. The van der Waals surface area contributed by atoms with Gasteiger partial charge in [0.2, 0.25) is 0 Å². The van der Waals surface area contributed by atoms with Gasteiger partial charge in [0.05, 0.1) is 17.4 Å². The first-order valence-corrected chi connectivity index (χ1v) is 5.91. The Balaban J connectivity index is 2.40. The van der Waals surface area contributed by atoms with Gasteiger partial charge in [-0.25, -0.2) is 4.98 Å². The summed E-state index contributed by atoms with van der Waals surface area (Å²) < 4.78 is 0. The van der Waals surface area contributed by atoms with Gasteiger partial charge < -0.3 is 10.3 Å². The smallest absolute Gasteiger partial charge is 0.258 e. The van der Waals surface area contributed by atoms with Crippen LogP contribution in [0.15, 0.2) is 23.0 Å². The number of benzene rings is 1. The number of fused-ring (bicyclic) bond motifs is 1. The van der Waals surface area contributed by atoms with Crippen LogP contribution < -0.4 is 10.9 Å². The fourth-order valence-electron chi connectivity index (χ4n) is 1.82. The molecule has 4 nitrogen and oxygen atoms in total. The van der Waals surface area contributed by atoms with Crippen molar-refractivity contribution < 1.29 is 0 Å². The molecule has 0 atom stereocenters. The average molecular weight is 231 g/mol. The number of nitrogens with zero attached hydrogens (tertiary/aromatic N) is 1. The third-order valence-corrected chi connectivity index (χ3v) is 2.71. The van der Waals surface area contributed by atoms with Gasteiger partial charge in [0, 0.05) is 0 Å². The van der Waals surface area contributed by atoms with Crippen molar-refractivity contribution in [2.24, 2.45) is 0 Å². The van der Waals surface area contributed by atoms with Crippen LogP contribution in [0.5, 0.6) is 0 Å². The molecule has 0 aliphatic rings. The summed E-state index contributed by atoms with van der Waals surface area (Å²) in [6.07, 6.45) is 1.07. The van der Waals surface area contributed by atoms with E-state index in [1.807, 2.05) is 19.1 Å². The van der Waals surface area contributed by atoms with Gasteiger partial charge in [-0.1, -0.05) is 19.1 Å². The Morgan fingerprint density at radius 3 is 3.00 bits per heavy atom. The predicted octanol–water partition coefficient (Wildman–Crippen LogP) is 1.73. The van der Waals surface area contributed by atoms with Gasteiger partial charge in [0.1, 0.15) is 5.82 Å². The zero-order valence-electron chi connectivity index (χ0n) is 10.2. The maximum atomic E-state index is 11.9. The summed E-state index contributed by atoms with van der Waals surface area (Å²) in [6, 6.07) is 5.65. The Kier molecular flexibility index (Phi) is 3.54. The second-order valence-electron chi connectivity index (χ2n) is 4.16. The highest BCUT2D eigenvalue weighted by Gasteiger charge is 2.04. The molecule has 0 bridgehead atoms. The molecule has 0 aliphatic heterocycles. The lowest BCUT2D eigenvalue weighted by Gasteiger charge is -2.05. The van der Waals surface area contributed by atoms with E-state index < -0.39 is 0 Å². The van der Waals surface area contributed by atoms with Crippen LogP contribution >= 0.6 is 0 Å². The van der Waals surface area contributed by atoms with Crippen molar-refractivity contribution in [3.63, 3.8) is 0 Å². The minimum Gasteiger partial charge on any atom is -0.310 e. The SMILES string of the molecule is CCCNCc1nc2c(C)cccc2c(=O)[nH]1. The fourth-order valence-corrected chi connectivity index (χ4v) is 1.82. The molecule has 1 aromatic heterocycles. The maximum Gasteiger partial charge on any atom is 0.258 e. The van der Waals surface area contributed by atoms with Crippen LogP contribution in [0.3, 0.4) is 0 Å². The third kappa shape index (κ3) is 2.53. The molecule has 0 aliphatic carbocycles. The van der Waals surface area contributed by atoms with E-state index in [9.17, 15) is 4.79 Å². The quantitative estimate of drug-likeness (QED) is 0.788. The highest BCUT2D eigenvalue weighted by atomic mass is 16.1. The van der Waals surface area contributed by atoms with Crippen LogP contribution in [-0.2, 0) is 6.54 Å². The molecule has 0 saturated carbocycles. The Morgan fingerprint density at radius 2 is 2.24 bits per heavy atom. The Morgan fingerprint density at radius 1 is 1.41 bits per heavy atom. The molecule has 90 valence electrons. The van der Waals surface area contributed by atoms with E-state index in [0.717, 1.165) is 24.0 Å². The predicted molar refractivity (Wildman–Crippen MR) is 69.1 cm³/mol. The van der Waals surface area contributed by atoms with Gasteiger partial charge in [0.25, 0.3) is 5.56 Å². The van der Waals surface area contributed by atoms with Crippen molar-refractivity contribution in [1.29, 1.82) is 0 Å². The number of aromatic amines is 1. The first-order chi connectivity index (χ1) is 8.22. The molecule has 0 amide bonds. The van der Waals surface area contributed by atoms with Crippen LogP contribution in [0.1, 0.15) is 24.7 Å². The molecular weight excluding hydrogens is 214 g/mol. The largest absolute Gasteiger partial charge is 0.310 e. The molecule has 0 spiro atoms. The lowest BCUT2D eigenvalue weighted by molar-refractivity contribution is 0.650. The van der Waals surface area contributed by atoms with Crippen LogP contribution in [0.25, 0.3) is 10.9 Å². The van der Waals surface area contributed by atoms with Crippen molar-refractivity contribution in [1.82, 2.24) is 15.3 Å². The van der Waals surface area contributed by atoms with Crippen molar-refractivity contribution >= 4 is 10.9 Å². The lowest BCUT2D eigenvalue weighted by atomic mass is 10.1. The summed E-state index contributed by atoms with van der Waals surface area (Å²) in [6.45, 7) is 5.61. The van der Waals surface area contributed by atoms with E-state index in [4.69, 9.17) is 0 Å². The van der Waals surface area contributed by atoms with Crippen LogP contribution in [0.4, 0.5) is 0 Å². The molecule has 17 heavy (non-hydrogen) atoms. The molecule has 2 rings (SSSR count). The summed E-state index contributed by atoms with van der Waals surface area (Å²) in [7, 11) is 0. The van der Waals surface area contributed by atoms with Gasteiger partial charge in [-0.05, 0) is 31.5 Å². The second kappa shape index (κ2) is 5.10. The molecule has 0 fully saturated rings. The van der Waals surface area contributed by atoms with E-state index in [2.05, 4.69) is 22.2 Å². The third-order valence-electron chi connectivity index (χ3n) is 2.71. The van der Waals surface area contributed by atoms with E-state index in [0.29, 0.717) is 17.8 Å². The van der Waals surface area contributed by atoms with Gasteiger partial charge in [-0.3, -0.25) is 4.79 Å². The van der Waals surface area contributed by atoms with Crippen LogP contribution in [-0.4, -0.2) is 16.5 Å². The van der Waals surface area contributed by atoms with E-state index in [-0.39, 0.29) is 5.56 Å². The van der Waals surface area contributed by atoms with Crippen molar-refractivity contribution in [2.75, 3.05) is 6.54 Å². The Hall–Kier alpha value is -1.68. The van der Waals surface area contributed by atoms with Crippen molar-refractivity contribution in [2.45, 2.75) is 26.8 Å². The number of hydrogen-bond acceptors (Lipinski definition) is 3. The molecule has 0 saturated heterocycles. The molecule has 0 unspecified atom stereocenters. The minimum absolute atomic E-state index is 0.0630. The number of hydrogen-bond donors (Lipinski definition) is 2. The summed E-state index contributed by atoms with van der Waals surface area (Å²) >= 11 is 0. The lowest BCUT2D eigenvalue weighted by Crippen LogP contribution is -2.20. The number of aromatic nitrogens is 2. The summed E-state index contributed by atoms with van der Waals surface area (Å²) in [4.78, 5) is 19.2. The standard InChI is InChI=1S/C13H17N3O/c1-3-7-14-8-11-15-12-9(2)5-4-6-10(12)13(17)16-11/h4-6,14H,3,7-8H2,1-2H3,(H,15,16,17). The number of para-hydroxylation sites is 1. The minimum atomic E-state index is -0.0630. The number of H-pyrrole nitrogens is 1. The van der Waals surface area contributed by atoms with E-state index in [1.54, 1.807) is 6.07 Å². The Bertz CT molecular complexity index is 574. The van der Waals surface area contributed by atoms with Gasteiger partial charge in [-0.2, -0.15) is 0 Å². The Labute approximate surface area is 100 Å². The molecule has 1 aromatic carbocycles. The second-order valence-corrected chi connectivity index (χ2v) is 4.16. The fraction of sp³-hybridized carbons (Fsp3) is 0.385. The molecule has 2 aromatic rings. The first kappa shape index (κ1) is 11.8. The van der Waals surface area contributed by atoms with Crippen molar-refractivity contribution in [3.8, 4) is 0 Å².